The fourth-order valence-corrected chi connectivity index (χ4v) is 4.86. The summed E-state index contributed by atoms with van der Waals surface area (Å²) < 4.78 is 0. The van der Waals surface area contributed by atoms with E-state index in [0.717, 1.165) is 57.0 Å². The molecule has 4 rings (SSSR count). The Bertz CT molecular complexity index is 817. The highest BCUT2D eigenvalue weighted by molar-refractivity contribution is 5.78. The van der Waals surface area contributed by atoms with Gasteiger partial charge in [-0.2, -0.15) is 0 Å². The maximum atomic E-state index is 12.8. The molecular formula is C25H34N4O. The summed E-state index contributed by atoms with van der Waals surface area (Å²) in [6, 6.07) is 17.3. The second kappa shape index (κ2) is 10.2. The number of likely N-dealkylation sites (tertiary alicyclic amines) is 2. The number of piperidine rings is 2. The summed E-state index contributed by atoms with van der Waals surface area (Å²) in [5.41, 5.74) is 3.32. The van der Waals surface area contributed by atoms with Crippen molar-refractivity contribution in [1.82, 2.24) is 20.1 Å². The number of hydrogen-bond donors (Lipinski definition) is 1. The van der Waals surface area contributed by atoms with Gasteiger partial charge < -0.3 is 5.32 Å². The predicted octanol–water partition coefficient (Wildman–Crippen LogP) is 3.38. The monoisotopic (exact) mass is 406 g/mol. The Kier molecular flexibility index (Phi) is 7.13. The number of pyridine rings is 1. The minimum Gasteiger partial charge on any atom is -0.350 e. The molecule has 30 heavy (non-hydrogen) atoms. The number of nitrogens with one attached hydrogen (secondary N) is 1. The predicted molar refractivity (Wildman–Crippen MR) is 120 cm³/mol. The van der Waals surface area contributed by atoms with Gasteiger partial charge in [-0.25, -0.2) is 0 Å². The number of aromatic nitrogens is 1. The molecule has 5 heteroatoms. The first-order valence-electron chi connectivity index (χ1n) is 11.4. The molecule has 1 aromatic heterocycles. The van der Waals surface area contributed by atoms with Crippen LogP contribution in [0.5, 0.6) is 0 Å². The van der Waals surface area contributed by atoms with Gasteiger partial charge >= 0.3 is 0 Å². The highest BCUT2D eigenvalue weighted by atomic mass is 16.1. The molecule has 2 aliphatic heterocycles. The summed E-state index contributed by atoms with van der Waals surface area (Å²) >= 11 is 0. The van der Waals surface area contributed by atoms with Crippen LogP contribution in [-0.4, -0.2) is 52.9 Å². The Hall–Kier alpha value is -2.24. The van der Waals surface area contributed by atoms with Crippen LogP contribution in [-0.2, 0) is 17.9 Å². The molecule has 1 atom stereocenters. The average Bonchev–Trinajstić information content (AvgIpc) is 2.79. The molecule has 5 nitrogen and oxygen atoms in total. The first kappa shape index (κ1) is 21.0. The molecule has 1 N–H and O–H groups in total. The smallest absolute Gasteiger partial charge is 0.224 e. The SMILES string of the molecule is Cc1cccc(CNC(=O)C2CCCN(C3CCN(Cc4ccccc4)CC3)C2)n1. The van der Waals surface area contributed by atoms with Crippen molar-refractivity contribution in [3.8, 4) is 0 Å². The zero-order valence-corrected chi connectivity index (χ0v) is 18.1. The number of hydrogen-bond acceptors (Lipinski definition) is 4. The third kappa shape index (κ3) is 5.67. The zero-order valence-electron chi connectivity index (χ0n) is 18.1. The van der Waals surface area contributed by atoms with E-state index in [1.165, 1.54) is 18.4 Å². The first-order chi connectivity index (χ1) is 14.7. The summed E-state index contributed by atoms with van der Waals surface area (Å²) in [4.78, 5) is 22.4. The van der Waals surface area contributed by atoms with E-state index in [1.54, 1.807) is 0 Å². The summed E-state index contributed by atoms with van der Waals surface area (Å²) in [6.45, 7) is 7.87. The molecule has 2 fully saturated rings. The van der Waals surface area contributed by atoms with Gasteiger partial charge in [0, 0.05) is 24.8 Å². The summed E-state index contributed by atoms with van der Waals surface area (Å²) in [7, 11) is 0. The Labute approximate surface area is 180 Å². The van der Waals surface area contributed by atoms with Crippen LogP contribution < -0.4 is 5.32 Å². The molecule has 0 radical (unpaired) electrons. The maximum absolute atomic E-state index is 12.8. The second-order valence-corrected chi connectivity index (χ2v) is 8.82. The van der Waals surface area contributed by atoms with Gasteiger partial charge in [-0.3, -0.25) is 19.6 Å². The molecular weight excluding hydrogens is 372 g/mol. The molecule has 1 amide bonds. The van der Waals surface area contributed by atoms with Gasteiger partial charge in [0.1, 0.15) is 0 Å². The van der Waals surface area contributed by atoms with Crippen molar-refractivity contribution in [2.24, 2.45) is 5.92 Å². The topological polar surface area (TPSA) is 48.5 Å². The molecule has 0 bridgehead atoms. The first-order valence-corrected chi connectivity index (χ1v) is 11.4. The minimum absolute atomic E-state index is 0.103. The minimum atomic E-state index is 0.103. The second-order valence-electron chi connectivity index (χ2n) is 8.82. The van der Waals surface area contributed by atoms with Crippen molar-refractivity contribution in [3.63, 3.8) is 0 Å². The van der Waals surface area contributed by atoms with Gasteiger partial charge in [0.05, 0.1) is 18.2 Å². The van der Waals surface area contributed by atoms with Crippen molar-refractivity contribution < 1.29 is 4.79 Å². The number of benzene rings is 1. The Morgan fingerprint density at radius 1 is 1.03 bits per heavy atom. The Balaban J connectivity index is 1.23. The van der Waals surface area contributed by atoms with Crippen LogP contribution in [0, 0.1) is 12.8 Å². The lowest BCUT2D eigenvalue weighted by Gasteiger charge is -2.42. The van der Waals surface area contributed by atoms with E-state index in [-0.39, 0.29) is 11.8 Å². The number of rotatable bonds is 6. The molecule has 0 spiro atoms. The van der Waals surface area contributed by atoms with Crippen LogP contribution in [0.3, 0.4) is 0 Å². The van der Waals surface area contributed by atoms with E-state index >= 15 is 0 Å². The van der Waals surface area contributed by atoms with Crippen LogP contribution in [0.4, 0.5) is 0 Å². The number of carbonyl (C=O) groups is 1. The zero-order chi connectivity index (χ0) is 20.8. The molecule has 1 unspecified atom stereocenters. The van der Waals surface area contributed by atoms with E-state index in [9.17, 15) is 4.79 Å². The summed E-state index contributed by atoms with van der Waals surface area (Å²) in [5, 5.41) is 3.12. The van der Waals surface area contributed by atoms with Crippen LogP contribution in [0.1, 0.15) is 42.6 Å². The normalized spacial score (nSPS) is 21.4. The van der Waals surface area contributed by atoms with E-state index in [0.29, 0.717) is 12.6 Å². The van der Waals surface area contributed by atoms with Gasteiger partial charge in [-0.15, -0.1) is 0 Å². The lowest BCUT2D eigenvalue weighted by molar-refractivity contribution is -0.127. The standard InChI is InChI=1S/C25H34N4O/c1-20-7-5-11-23(27-20)17-26-25(30)22-10-6-14-29(19-22)24-12-15-28(16-13-24)18-21-8-3-2-4-9-21/h2-5,7-9,11,22,24H,6,10,12-19H2,1H3,(H,26,30). The molecule has 0 saturated carbocycles. The van der Waals surface area contributed by atoms with E-state index in [2.05, 4.69) is 50.4 Å². The van der Waals surface area contributed by atoms with Gasteiger partial charge in [-0.1, -0.05) is 36.4 Å². The van der Waals surface area contributed by atoms with Crippen LogP contribution in [0.2, 0.25) is 0 Å². The molecule has 2 aliphatic rings. The van der Waals surface area contributed by atoms with Crippen LogP contribution >= 0.6 is 0 Å². The van der Waals surface area contributed by atoms with Gasteiger partial charge in [0.25, 0.3) is 0 Å². The van der Waals surface area contributed by atoms with Crippen LogP contribution in [0.15, 0.2) is 48.5 Å². The lowest BCUT2D eigenvalue weighted by Crippen LogP contribution is -2.50. The molecule has 160 valence electrons. The lowest BCUT2D eigenvalue weighted by atomic mass is 9.93. The van der Waals surface area contributed by atoms with Crippen molar-refractivity contribution in [1.29, 1.82) is 0 Å². The maximum Gasteiger partial charge on any atom is 0.224 e. The number of aryl methyl sites for hydroxylation is 1. The molecule has 2 saturated heterocycles. The van der Waals surface area contributed by atoms with Gasteiger partial charge in [0.15, 0.2) is 0 Å². The third-order valence-corrected chi connectivity index (χ3v) is 6.54. The number of nitrogens with zero attached hydrogens (tertiary/aromatic N) is 3. The largest absolute Gasteiger partial charge is 0.350 e. The third-order valence-electron chi connectivity index (χ3n) is 6.54. The quantitative estimate of drug-likeness (QED) is 0.799. The highest BCUT2D eigenvalue weighted by Crippen LogP contribution is 2.24. The molecule has 0 aliphatic carbocycles. The van der Waals surface area contributed by atoms with E-state index in [4.69, 9.17) is 0 Å². The molecule has 2 aromatic rings. The Morgan fingerprint density at radius 3 is 2.60 bits per heavy atom. The fourth-order valence-electron chi connectivity index (χ4n) is 4.86. The summed E-state index contributed by atoms with van der Waals surface area (Å²) in [5.74, 6) is 0.287. The fraction of sp³-hybridized carbons (Fsp3) is 0.520. The van der Waals surface area contributed by atoms with Gasteiger partial charge in [-0.05, 0) is 69.9 Å². The molecule has 1 aromatic carbocycles. The molecule has 3 heterocycles. The Morgan fingerprint density at radius 2 is 1.83 bits per heavy atom. The van der Waals surface area contributed by atoms with E-state index < -0.39 is 0 Å². The number of carbonyl (C=O) groups excluding carboxylic acids is 1. The summed E-state index contributed by atoms with van der Waals surface area (Å²) in [6.07, 6.45) is 4.52. The average molecular weight is 407 g/mol. The van der Waals surface area contributed by atoms with Crippen molar-refractivity contribution in [2.75, 3.05) is 26.2 Å². The van der Waals surface area contributed by atoms with Gasteiger partial charge in [0.2, 0.25) is 5.91 Å². The highest BCUT2D eigenvalue weighted by Gasteiger charge is 2.31. The van der Waals surface area contributed by atoms with Crippen molar-refractivity contribution in [2.45, 2.75) is 51.7 Å². The van der Waals surface area contributed by atoms with E-state index in [1.807, 2.05) is 25.1 Å². The van der Waals surface area contributed by atoms with Crippen molar-refractivity contribution in [3.05, 3.63) is 65.5 Å². The number of amides is 1. The van der Waals surface area contributed by atoms with Crippen molar-refractivity contribution >= 4 is 5.91 Å². The van der Waals surface area contributed by atoms with Crippen LogP contribution in [0.25, 0.3) is 0 Å².